The summed E-state index contributed by atoms with van der Waals surface area (Å²) in [6.45, 7) is 2.85. The molecule has 2 aromatic carbocycles. The van der Waals surface area contributed by atoms with Crippen LogP contribution in [0.15, 0.2) is 47.4 Å². The van der Waals surface area contributed by atoms with Gasteiger partial charge in [0.05, 0.1) is 32.3 Å². The molecule has 3 fully saturated rings. The van der Waals surface area contributed by atoms with Gasteiger partial charge in [0.25, 0.3) is 5.91 Å². The fourth-order valence-electron chi connectivity index (χ4n) is 5.49. The van der Waals surface area contributed by atoms with Crippen LogP contribution in [0.3, 0.4) is 0 Å². The fourth-order valence-corrected chi connectivity index (χ4v) is 7.20. The summed E-state index contributed by atoms with van der Waals surface area (Å²) in [5, 5.41) is 3.81. The van der Waals surface area contributed by atoms with Crippen molar-refractivity contribution in [3.8, 4) is 0 Å². The third-order valence-electron chi connectivity index (χ3n) is 7.32. The van der Waals surface area contributed by atoms with Crippen LogP contribution in [0.4, 0.5) is 0 Å². The summed E-state index contributed by atoms with van der Waals surface area (Å²) in [5.41, 5.74) is 0.989. The summed E-state index contributed by atoms with van der Waals surface area (Å²) in [4.78, 5) is 16.1. The van der Waals surface area contributed by atoms with Crippen molar-refractivity contribution in [3.63, 3.8) is 0 Å². The Morgan fingerprint density at radius 3 is 2.42 bits per heavy atom. The Morgan fingerprint density at radius 2 is 1.82 bits per heavy atom. The lowest BCUT2D eigenvalue weighted by Gasteiger charge is -2.57. The lowest BCUT2D eigenvalue weighted by Crippen LogP contribution is -2.62. The molecule has 1 unspecified atom stereocenters. The minimum atomic E-state index is -3.31. The highest BCUT2D eigenvalue weighted by molar-refractivity contribution is 7.91. The molecule has 2 saturated heterocycles. The molecule has 5 rings (SSSR count). The van der Waals surface area contributed by atoms with Crippen molar-refractivity contribution in [1.29, 1.82) is 0 Å². The Bertz CT molecular complexity index is 1130. The number of benzene rings is 2. The first-order valence-electron chi connectivity index (χ1n) is 11.5. The van der Waals surface area contributed by atoms with E-state index in [1.807, 2.05) is 19.1 Å². The standard InChI is InChI=1S/C25H30Cl2N2O3S/c1-3-15-33(31,32)19-9-7-18(8-10-19)23(25-13-11-17(12-14-25)16-29(25)2)28-24(30)20-5-4-6-21(26)22(20)27/h4-10,17,23H,3,11-16H2,1-2H3,(H,28,30). The van der Waals surface area contributed by atoms with Gasteiger partial charge in [-0.2, -0.15) is 0 Å². The number of carbonyl (C=O) groups is 1. The quantitative estimate of drug-likeness (QED) is 0.534. The van der Waals surface area contributed by atoms with Crippen molar-refractivity contribution < 1.29 is 13.2 Å². The second kappa shape index (κ2) is 9.57. The fraction of sp³-hybridized carbons (Fsp3) is 0.480. The second-order valence-corrected chi connectivity index (χ2v) is 12.2. The maximum absolute atomic E-state index is 13.4. The molecule has 2 aromatic rings. The Hall–Kier alpha value is -1.60. The van der Waals surface area contributed by atoms with Gasteiger partial charge in [0.2, 0.25) is 0 Å². The molecule has 2 bridgehead atoms. The molecule has 2 aliphatic heterocycles. The molecule has 0 aromatic heterocycles. The summed E-state index contributed by atoms with van der Waals surface area (Å²) >= 11 is 12.5. The molecule has 1 aliphatic carbocycles. The van der Waals surface area contributed by atoms with Crippen LogP contribution in [0.25, 0.3) is 0 Å². The Balaban J connectivity index is 1.72. The normalized spacial score (nSPS) is 23.9. The van der Waals surface area contributed by atoms with Gasteiger partial charge in [0.1, 0.15) is 0 Å². The molecule has 5 nitrogen and oxygen atoms in total. The van der Waals surface area contributed by atoms with Crippen LogP contribution < -0.4 is 5.32 Å². The van der Waals surface area contributed by atoms with Gasteiger partial charge >= 0.3 is 0 Å². The first kappa shape index (κ1) is 24.5. The SMILES string of the molecule is CCCS(=O)(=O)c1ccc(C(NC(=O)c2cccc(Cl)c2Cl)C23CCC(CC2)CN3C)cc1. The summed E-state index contributed by atoms with van der Waals surface area (Å²) < 4.78 is 25.0. The van der Waals surface area contributed by atoms with Gasteiger partial charge in [-0.15, -0.1) is 0 Å². The zero-order valence-corrected chi connectivity index (χ0v) is 21.3. The summed E-state index contributed by atoms with van der Waals surface area (Å²) in [6, 6.07) is 11.7. The number of amides is 1. The van der Waals surface area contributed by atoms with Gasteiger partial charge < -0.3 is 5.32 Å². The molecule has 3 aliphatic rings. The van der Waals surface area contributed by atoms with Crippen LogP contribution >= 0.6 is 23.2 Å². The monoisotopic (exact) mass is 508 g/mol. The highest BCUT2D eigenvalue weighted by Gasteiger charge is 2.50. The summed E-state index contributed by atoms with van der Waals surface area (Å²) in [6.07, 6.45) is 4.75. The van der Waals surface area contributed by atoms with Crippen LogP contribution in [-0.2, 0) is 9.84 Å². The molecular weight excluding hydrogens is 479 g/mol. The molecule has 2 heterocycles. The van der Waals surface area contributed by atoms with Crippen molar-refractivity contribution in [2.45, 2.75) is 55.5 Å². The molecule has 1 amide bonds. The highest BCUT2D eigenvalue weighted by Crippen LogP contribution is 2.49. The summed E-state index contributed by atoms with van der Waals surface area (Å²) in [5.74, 6) is 0.524. The van der Waals surface area contributed by atoms with Crippen LogP contribution in [0.5, 0.6) is 0 Å². The number of carbonyl (C=O) groups excluding carboxylic acids is 1. The van der Waals surface area contributed by atoms with Crippen molar-refractivity contribution in [2.24, 2.45) is 5.92 Å². The molecule has 1 N–H and O–H groups in total. The maximum Gasteiger partial charge on any atom is 0.253 e. The molecule has 1 atom stereocenters. The predicted molar refractivity (Wildman–Crippen MR) is 133 cm³/mol. The molecule has 8 heteroatoms. The van der Waals surface area contributed by atoms with Gasteiger partial charge in [-0.1, -0.05) is 48.3 Å². The number of hydrogen-bond acceptors (Lipinski definition) is 4. The number of hydrogen-bond donors (Lipinski definition) is 1. The van der Waals surface area contributed by atoms with E-state index in [9.17, 15) is 13.2 Å². The molecule has 0 radical (unpaired) electrons. The third-order valence-corrected chi connectivity index (χ3v) is 10.1. The van der Waals surface area contributed by atoms with Crippen molar-refractivity contribution in [1.82, 2.24) is 10.2 Å². The van der Waals surface area contributed by atoms with Crippen LogP contribution in [0.1, 0.15) is 61.0 Å². The van der Waals surface area contributed by atoms with E-state index in [2.05, 4.69) is 17.3 Å². The maximum atomic E-state index is 13.4. The van der Waals surface area contributed by atoms with E-state index in [-0.39, 0.29) is 28.3 Å². The lowest BCUT2D eigenvalue weighted by atomic mass is 9.66. The third kappa shape index (κ3) is 4.68. The van der Waals surface area contributed by atoms with E-state index < -0.39 is 9.84 Å². The first-order valence-corrected chi connectivity index (χ1v) is 13.9. The van der Waals surface area contributed by atoms with E-state index in [1.54, 1.807) is 30.3 Å². The molecule has 0 spiro atoms. The van der Waals surface area contributed by atoms with Gasteiger partial charge in [0, 0.05) is 12.1 Å². The second-order valence-electron chi connectivity index (χ2n) is 9.32. The van der Waals surface area contributed by atoms with Crippen molar-refractivity contribution >= 4 is 38.9 Å². The Labute approximate surface area is 206 Å². The van der Waals surface area contributed by atoms with E-state index in [0.717, 1.165) is 37.8 Å². The number of piperidine rings is 2. The zero-order valence-electron chi connectivity index (χ0n) is 19.0. The van der Waals surface area contributed by atoms with E-state index in [1.165, 1.54) is 0 Å². The highest BCUT2D eigenvalue weighted by atomic mass is 35.5. The smallest absolute Gasteiger partial charge is 0.253 e. The minimum Gasteiger partial charge on any atom is -0.343 e. The number of halogens is 2. The van der Waals surface area contributed by atoms with Gasteiger partial charge in [0.15, 0.2) is 9.84 Å². The van der Waals surface area contributed by atoms with E-state index >= 15 is 0 Å². The average molecular weight is 509 g/mol. The zero-order chi connectivity index (χ0) is 23.8. The number of likely N-dealkylation sites (N-methyl/N-ethyl adjacent to an activating group) is 1. The number of nitrogens with zero attached hydrogens (tertiary/aromatic N) is 1. The lowest BCUT2D eigenvalue weighted by molar-refractivity contribution is -0.0404. The van der Waals surface area contributed by atoms with Crippen LogP contribution in [0, 0.1) is 5.92 Å². The van der Waals surface area contributed by atoms with Crippen molar-refractivity contribution in [2.75, 3.05) is 19.3 Å². The van der Waals surface area contributed by atoms with Gasteiger partial charge in [-0.25, -0.2) is 8.42 Å². The summed E-state index contributed by atoms with van der Waals surface area (Å²) in [7, 11) is -1.19. The Kier molecular flexibility index (Phi) is 7.11. The van der Waals surface area contributed by atoms with Gasteiger partial charge in [-0.3, -0.25) is 9.69 Å². The number of nitrogens with one attached hydrogen (secondary N) is 1. The first-order chi connectivity index (χ1) is 15.7. The minimum absolute atomic E-state index is 0.119. The molecule has 1 saturated carbocycles. The predicted octanol–water partition coefficient (Wildman–Crippen LogP) is 5.52. The van der Waals surface area contributed by atoms with Crippen LogP contribution in [0.2, 0.25) is 10.0 Å². The van der Waals surface area contributed by atoms with E-state index in [4.69, 9.17) is 23.2 Å². The largest absolute Gasteiger partial charge is 0.343 e. The number of sulfone groups is 1. The van der Waals surface area contributed by atoms with E-state index in [0.29, 0.717) is 27.8 Å². The average Bonchev–Trinajstić information content (AvgIpc) is 2.80. The van der Waals surface area contributed by atoms with Gasteiger partial charge in [-0.05, 0) is 74.9 Å². The number of fused-ring (bicyclic) bond motifs is 3. The van der Waals surface area contributed by atoms with Crippen LogP contribution in [-0.4, -0.2) is 44.1 Å². The van der Waals surface area contributed by atoms with Crippen molar-refractivity contribution in [3.05, 3.63) is 63.6 Å². The molecule has 178 valence electrons. The Morgan fingerprint density at radius 1 is 1.15 bits per heavy atom. The topological polar surface area (TPSA) is 66.5 Å². The molecular formula is C25H30Cl2N2O3S. The number of rotatable bonds is 7. The molecule has 33 heavy (non-hydrogen) atoms.